The van der Waals surface area contributed by atoms with Gasteiger partial charge in [-0.05, 0) is 24.8 Å². The molecule has 1 amide bonds. The van der Waals surface area contributed by atoms with Crippen LogP contribution in [0.5, 0.6) is 0 Å². The molecule has 0 bridgehead atoms. The number of aryl methyl sites for hydroxylation is 1. The molecule has 142 valence electrons. The van der Waals surface area contributed by atoms with E-state index in [1.807, 2.05) is 29.0 Å². The fraction of sp³-hybridized carbons (Fsp3) is 0.529. The first-order valence-electron chi connectivity index (χ1n) is 8.95. The molecule has 0 fully saturated rings. The Morgan fingerprint density at radius 2 is 2.15 bits per heavy atom. The topological polar surface area (TPSA) is 96.2 Å². The molecule has 0 saturated heterocycles. The Kier molecular flexibility index (Phi) is 8.61. The summed E-state index contributed by atoms with van der Waals surface area (Å²) in [6.07, 6.45) is 3.41. The van der Waals surface area contributed by atoms with E-state index in [-0.39, 0.29) is 5.91 Å². The van der Waals surface area contributed by atoms with E-state index in [9.17, 15) is 4.79 Å². The van der Waals surface area contributed by atoms with Crippen molar-refractivity contribution in [3.63, 3.8) is 0 Å². The van der Waals surface area contributed by atoms with Crippen molar-refractivity contribution in [2.75, 3.05) is 26.2 Å². The first-order chi connectivity index (χ1) is 12.7. The molecule has 0 saturated carbocycles. The number of hydrogen-bond acceptors (Lipinski definition) is 5. The quantitative estimate of drug-likeness (QED) is 0.329. The minimum Gasteiger partial charge on any atom is -0.357 e. The average Bonchev–Trinajstić information content (AvgIpc) is 3.32. The number of guanidine groups is 1. The van der Waals surface area contributed by atoms with Crippen LogP contribution < -0.4 is 16.0 Å². The van der Waals surface area contributed by atoms with Crippen molar-refractivity contribution in [3.05, 3.63) is 34.5 Å². The fourth-order valence-corrected chi connectivity index (χ4v) is 2.98. The smallest absolute Gasteiger partial charge is 0.261 e. The number of thiophene rings is 1. The second-order valence-corrected chi connectivity index (χ2v) is 6.52. The van der Waals surface area contributed by atoms with Gasteiger partial charge in [-0.3, -0.25) is 9.79 Å². The summed E-state index contributed by atoms with van der Waals surface area (Å²) in [4.78, 5) is 17.1. The van der Waals surface area contributed by atoms with Crippen LogP contribution in [-0.2, 0) is 13.0 Å². The standard InChI is InChI=1S/C17H27N7OS/c1-3-15-23-22-13-24(15)11-10-21-17(18-4-2)20-9-6-8-19-16(25)14-7-5-12-26-14/h5,7,12-13H,3-4,6,8-11H2,1-2H3,(H,19,25)(H2,18,20,21). The van der Waals surface area contributed by atoms with Gasteiger partial charge in [-0.15, -0.1) is 21.5 Å². The fourth-order valence-electron chi connectivity index (χ4n) is 2.34. The van der Waals surface area contributed by atoms with E-state index in [1.54, 1.807) is 6.33 Å². The monoisotopic (exact) mass is 377 g/mol. The molecule has 0 aromatic carbocycles. The van der Waals surface area contributed by atoms with Crippen LogP contribution in [0.2, 0.25) is 0 Å². The Balaban J connectivity index is 1.68. The summed E-state index contributed by atoms with van der Waals surface area (Å²) in [7, 11) is 0. The van der Waals surface area contributed by atoms with Gasteiger partial charge >= 0.3 is 0 Å². The van der Waals surface area contributed by atoms with Gasteiger partial charge in [-0.1, -0.05) is 13.0 Å². The number of rotatable bonds is 10. The number of hydrogen-bond donors (Lipinski definition) is 3. The van der Waals surface area contributed by atoms with Crippen molar-refractivity contribution in [1.29, 1.82) is 0 Å². The summed E-state index contributed by atoms with van der Waals surface area (Å²) in [6, 6.07) is 3.70. The van der Waals surface area contributed by atoms with Crippen molar-refractivity contribution in [1.82, 2.24) is 30.7 Å². The van der Waals surface area contributed by atoms with E-state index in [2.05, 4.69) is 38.1 Å². The number of amides is 1. The van der Waals surface area contributed by atoms with Gasteiger partial charge in [-0.25, -0.2) is 0 Å². The molecule has 2 rings (SSSR count). The molecule has 9 heteroatoms. The van der Waals surface area contributed by atoms with Gasteiger partial charge in [0.2, 0.25) is 0 Å². The lowest BCUT2D eigenvalue weighted by Gasteiger charge is -2.12. The third kappa shape index (κ3) is 6.47. The average molecular weight is 378 g/mol. The number of nitrogens with one attached hydrogen (secondary N) is 3. The Bertz CT molecular complexity index is 681. The van der Waals surface area contributed by atoms with Crippen LogP contribution in [0.25, 0.3) is 0 Å². The zero-order chi connectivity index (χ0) is 18.6. The Labute approximate surface area is 158 Å². The van der Waals surface area contributed by atoms with Crippen molar-refractivity contribution in [2.45, 2.75) is 33.2 Å². The number of nitrogens with zero attached hydrogens (tertiary/aromatic N) is 4. The van der Waals surface area contributed by atoms with E-state index >= 15 is 0 Å². The zero-order valence-corrected chi connectivity index (χ0v) is 16.2. The van der Waals surface area contributed by atoms with Gasteiger partial charge in [0, 0.05) is 39.1 Å². The van der Waals surface area contributed by atoms with E-state index in [1.165, 1.54) is 11.3 Å². The van der Waals surface area contributed by atoms with Crippen LogP contribution in [0.3, 0.4) is 0 Å². The van der Waals surface area contributed by atoms with Gasteiger partial charge in [0.1, 0.15) is 12.2 Å². The predicted octanol–water partition coefficient (Wildman–Crippen LogP) is 1.28. The Morgan fingerprint density at radius 1 is 1.27 bits per heavy atom. The highest BCUT2D eigenvalue weighted by Gasteiger charge is 2.05. The van der Waals surface area contributed by atoms with Crippen LogP contribution in [0.15, 0.2) is 28.8 Å². The zero-order valence-electron chi connectivity index (χ0n) is 15.4. The number of carbonyl (C=O) groups is 1. The first kappa shape index (κ1) is 19.9. The van der Waals surface area contributed by atoms with Gasteiger partial charge in [0.15, 0.2) is 5.96 Å². The molecule has 0 radical (unpaired) electrons. The summed E-state index contributed by atoms with van der Waals surface area (Å²) in [5.41, 5.74) is 0. The molecule has 8 nitrogen and oxygen atoms in total. The van der Waals surface area contributed by atoms with Gasteiger partial charge in [0.05, 0.1) is 4.88 Å². The van der Waals surface area contributed by atoms with E-state index in [0.717, 1.165) is 49.1 Å². The van der Waals surface area contributed by atoms with Crippen molar-refractivity contribution in [2.24, 2.45) is 4.99 Å². The Morgan fingerprint density at radius 3 is 2.88 bits per heavy atom. The second kappa shape index (κ2) is 11.2. The molecule has 2 aromatic heterocycles. The highest BCUT2D eigenvalue weighted by atomic mass is 32.1. The summed E-state index contributed by atoms with van der Waals surface area (Å²) in [5, 5.41) is 19.4. The van der Waals surface area contributed by atoms with Gasteiger partial charge < -0.3 is 20.5 Å². The molecule has 0 spiro atoms. The lowest BCUT2D eigenvalue weighted by molar-refractivity contribution is 0.0957. The highest BCUT2D eigenvalue weighted by molar-refractivity contribution is 7.12. The molecular weight excluding hydrogens is 350 g/mol. The van der Waals surface area contributed by atoms with Crippen molar-refractivity contribution >= 4 is 23.2 Å². The molecule has 0 aliphatic rings. The molecular formula is C17H27N7OS. The highest BCUT2D eigenvalue weighted by Crippen LogP contribution is 2.07. The minimum atomic E-state index is -0.0188. The molecule has 0 atom stereocenters. The molecule has 26 heavy (non-hydrogen) atoms. The third-order valence-electron chi connectivity index (χ3n) is 3.64. The second-order valence-electron chi connectivity index (χ2n) is 5.57. The number of aliphatic imine (C=N–C) groups is 1. The summed E-state index contributed by atoms with van der Waals surface area (Å²) < 4.78 is 2.04. The molecule has 3 N–H and O–H groups in total. The van der Waals surface area contributed by atoms with E-state index in [4.69, 9.17) is 0 Å². The number of aromatic nitrogens is 3. The molecule has 0 aliphatic heterocycles. The maximum Gasteiger partial charge on any atom is 0.261 e. The number of carbonyl (C=O) groups excluding carboxylic acids is 1. The first-order valence-corrected chi connectivity index (χ1v) is 9.83. The largest absolute Gasteiger partial charge is 0.357 e. The SMILES string of the molecule is CCNC(=NCCCNC(=O)c1cccs1)NCCn1cnnc1CC. The third-order valence-corrected chi connectivity index (χ3v) is 4.51. The normalized spacial score (nSPS) is 11.4. The molecule has 2 heterocycles. The summed E-state index contributed by atoms with van der Waals surface area (Å²) in [5.74, 6) is 1.74. The van der Waals surface area contributed by atoms with E-state index in [0.29, 0.717) is 13.1 Å². The maximum absolute atomic E-state index is 11.8. The van der Waals surface area contributed by atoms with Crippen LogP contribution in [0.4, 0.5) is 0 Å². The van der Waals surface area contributed by atoms with Crippen molar-refractivity contribution < 1.29 is 4.79 Å². The summed E-state index contributed by atoms with van der Waals surface area (Å²) in [6.45, 7) is 7.69. The van der Waals surface area contributed by atoms with Crippen molar-refractivity contribution in [3.8, 4) is 0 Å². The van der Waals surface area contributed by atoms with Gasteiger partial charge in [-0.2, -0.15) is 0 Å². The van der Waals surface area contributed by atoms with Crippen LogP contribution in [0.1, 0.15) is 35.8 Å². The maximum atomic E-state index is 11.8. The van der Waals surface area contributed by atoms with Crippen LogP contribution >= 0.6 is 11.3 Å². The lowest BCUT2D eigenvalue weighted by Crippen LogP contribution is -2.39. The summed E-state index contributed by atoms with van der Waals surface area (Å²) >= 11 is 1.45. The van der Waals surface area contributed by atoms with Crippen LogP contribution in [-0.4, -0.2) is 52.8 Å². The van der Waals surface area contributed by atoms with Crippen LogP contribution in [0, 0.1) is 0 Å². The van der Waals surface area contributed by atoms with Gasteiger partial charge in [0.25, 0.3) is 5.91 Å². The minimum absolute atomic E-state index is 0.0188. The Hall–Kier alpha value is -2.42. The molecule has 2 aromatic rings. The molecule has 0 unspecified atom stereocenters. The predicted molar refractivity (Wildman–Crippen MR) is 105 cm³/mol. The van der Waals surface area contributed by atoms with E-state index < -0.39 is 0 Å². The molecule has 0 aliphatic carbocycles. The lowest BCUT2D eigenvalue weighted by atomic mass is 10.4.